The Morgan fingerprint density at radius 2 is 2.29 bits per heavy atom. The van der Waals surface area contributed by atoms with Gasteiger partial charge in [0.05, 0.1) is 12.2 Å². The maximum absolute atomic E-state index is 11.5. The summed E-state index contributed by atoms with van der Waals surface area (Å²) in [7, 11) is 0. The molecule has 17 heavy (non-hydrogen) atoms. The fourth-order valence-corrected chi connectivity index (χ4v) is 1.49. The second-order valence-corrected chi connectivity index (χ2v) is 3.93. The average Bonchev–Trinajstić information content (AvgIpc) is 2.30. The van der Waals surface area contributed by atoms with Gasteiger partial charge in [-0.15, -0.1) is 0 Å². The van der Waals surface area contributed by atoms with Crippen molar-refractivity contribution in [1.29, 1.82) is 0 Å². The van der Waals surface area contributed by atoms with Crippen LogP contribution in [0.4, 0.5) is 5.69 Å². The van der Waals surface area contributed by atoms with Gasteiger partial charge in [-0.25, -0.2) is 0 Å². The average molecular weight is 251 g/mol. The van der Waals surface area contributed by atoms with Crippen LogP contribution in [0.5, 0.6) is 0 Å². The molecule has 0 aliphatic rings. The molecule has 1 aromatic carbocycles. The molecule has 0 spiro atoms. The first-order valence-electron chi connectivity index (χ1n) is 5.45. The molecule has 0 unspecified atom stereocenters. The van der Waals surface area contributed by atoms with Gasteiger partial charge >= 0.3 is 0 Å². The van der Waals surface area contributed by atoms with Crippen LogP contribution >= 0.6 is 11.6 Å². The number of amides is 1. The fraction of sp³-hybridized carbons (Fsp3) is 0.308. The third-order valence-electron chi connectivity index (χ3n) is 2.06. The van der Waals surface area contributed by atoms with Crippen molar-refractivity contribution in [2.75, 3.05) is 11.9 Å². The summed E-state index contributed by atoms with van der Waals surface area (Å²) in [4.78, 5) is 11.5. The SMILES string of the molecule is CCCC(=O)Nc1ccc(Cl)cc1C#CCN. The highest BCUT2D eigenvalue weighted by atomic mass is 35.5. The van der Waals surface area contributed by atoms with E-state index in [-0.39, 0.29) is 12.5 Å². The summed E-state index contributed by atoms with van der Waals surface area (Å²) in [5.41, 5.74) is 6.68. The predicted octanol–water partition coefficient (Wildman–Crippen LogP) is 2.39. The number of nitrogens with two attached hydrogens (primary N) is 1. The first-order chi connectivity index (χ1) is 8.17. The van der Waals surface area contributed by atoms with Crippen LogP contribution in [0.15, 0.2) is 18.2 Å². The molecule has 3 nitrogen and oxygen atoms in total. The zero-order valence-corrected chi connectivity index (χ0v) is 10.5. The Morgan fingerprint density at radius 3 is 2.94 bits per heavy atom. The lowest BCUT2D eigenvalue weighted by Gasteiger charge is -2.07. The van der Waals surface area contributed by atoms with Crippen LogP contribution in [0.2, 0.25) is 5.02 Å². The first kappa shape index (κ1) is 13.6. The normalized spacial score (nSPS) is 9.35. The van der Waals surface area contributed by atoms with E-state index in [1.165, 1.54) is 0 Å². The van der Waals surface area contributed by atoms with Gasteiger partial charge in [-0.05, 0) is 24.6 Å². The van der Waals surface area contributed by atoms with Gasteiger partial charge in [0.25, 0.3) is 0 Å². The zero-order valence-electron chi connectivity index (χ0n) is 9.72. The molecule has 1 aromatic rings. The number of rotatable bonds is 3. The molecule has 0 aliphatic heterocycles. The van der Waals surface area contributed by atoms with Crippen molar-refractivity contribution >= 4 is 23.2 Å². The smallest absolute Gasteiger partial charge is 0.224 e. The summed E-state index contributed by atoms with van der Waals surface area (Å²) in [6.45, 7) is 2.23. The second-order valence-electron chi connectivity index (χ2n) is 3.49. The zero-order chi connectivity index (χ0) is 12.7. The standard InChI is InChI=1S/C13H15ClN2O/c1-2-4-13(17)16-12-7-6-11(14)9-10(12)5-3-8-15/h6-7,9H,2,4,8,15H2,1H3,(H,16,17). The van der Waals surface area contributed by atoms with Crippen LogP contribution in [-0.4, -0.2) is 12.5 Å². The monoisotopic (exact) mass is 250 g/mol. The highest BCUT2D eigenvalue weighted by molar-refractivity contribution is 6.30. The van der Waals surface area contributed by atoms with Gasteiger partial charge in [-0.2, -0.15) is 0 Å². The molecule has 0 aromatic heterocycles. The number of carbonyl (C=O) groups excluding carboxylic acids is 1. The summed E-state index contributed by atoms with van der Waals surface area (Å²) in [5, 5.41) is 3.39. The van der Waals surface area contributed by atoms with Crippen molar-refractivity contribution in [2.24, 2.45) is 5.73 Å². The number of hydrogen-bond acceptors (Lipinski definition) is 2. The van der Waals surface area contributed by atoms with E-state index in [0.29, 0.717) is 22.7 Å². The molecule has 90 valence electrons. The molecule has 0 atom stereocenters. The molecule has 4 heteroatoms. The summed E-state index contributed by atoms with van der Waals surface area (Å²) < 4.78 is 0. The molecule has 0 bridgehead atoms. The number of carbonyl (C=O) groups is 1. The van der Waals surface area contributed by atoms with E-state index < -0.39 is 0 Å². The van der Waals surface area contributed by atoms with Gasteiger partial charge in [0.2, 0.25) is 5.91 Å². The Bertz CT molecular complexity index is 460. The lowest BCUT2D eigenvalue weighted by molar-refractivity contribution is -0.116. The minimum absolute atomic E-state index is 0.0226. The van der Waals surface area contributed by atoms with Crippen molar-refractivity contribution in [2.45, 2.75) is 19.8 Å². The maximum Gasteiger partial charge on any atom is 0.224 e. The van der Waals surface area contributed by atoms with E-state index in [1.807, 2.05) is 6.92 Å². The molecule has 0 saturated carbocycles. The highest BCUT2D eigenvalue weighted by Gasteiger charge is 2.05. The summed E-state index contributed by atoms with van der Waals surface area (Å²) >= 11 is 5.88. The van der Waals surface area contributed by atoms with Gasteiger partial charge in [0.15, 0.2) is 0 Å². The lowest BCUT2D eigenvalue weighted by atomic mass is 10.1. The van der Waals surface area contributed by atoms with Crippen molar-refractivity contribution in [3.63, 3.8) is 0 Å². The van der Waals surface area contributed by atoms with Crippen molar-refractivity contribution < 1.29 is 4.79 Å². The molecular weight excluding hydrogens is 236 g/mol. The van der Waals surface area contributed by atoms with Crippen LogP contribution in [0, 0.1) is 11.8 Å². The number of hydrogen-bond donors (Lipinski definition) is 2. The highest BCUT2D eigenvalue weighted by Crippen LogP contribution is 2.20. The van der Waals surface area contributed by atoms with Gasteiger partial charge < -0.3 is 11.1 Å². The van der Waals surface area contributed by atoms with Crippen LogP contribution in [0.1, 0.15) is 25.3 Å². The largest absolute Gasteiger partial charge is 0.325 e. The van der Waals surface area contributed by atoms with Crippen molar-refractivity contribution in [3.8, 4) is 11.8 Å². The maximum atomic E-state index is 11.5. The Hall–Kier alpha value is -1.50. The molecule has 0 radical (unpaired) electrons. The van der Waals surface area contributed by atoms with Crippen LogP contribution < -0.4 is 11.1 Å². The lowest BCUT2D eigenvalue weighted by Crippen LogP contribution is -2.11. The number of benzene rings is 1. The third kappa shape index (κ3) is 4.48. The second kappa shape index (κ2) is 6.95. The number of anilines is 1. The Morgan fingerprint density at radius 1 is 1.53 bits per heavy atom. The molecule has 0 saturated heterocycles. The molecule has 0 fully saturated rings. The molecule has 0 aliphatic carbocycles. The first-order valence-corrected chi connectivity index (χ1v) is 5.83. The van der Waals surface area contributed by atoms with E-state index in [0.717, 1.165) is 6.42 Å². The molecule has 3 N–H and O–H groups in total. The minimum atomic E-state index is -0.0226. The van der Waals surface area contributed by atoms with E-state index >= 15 is 0 Å². The summed E-state index contributed by atoms with van der Waals surface area (Å²) in [5.74, 6) is 5.61. The Labute approximate surface area is 106 Å². The Kier molecular flexibility index (Phi) is 5.55. The van der Waals surface area contributed by atoms with Gasteiger partial charge in [-0.1, -0.05) is 30.4 Å². The topological polar surface area (TPSA) is 55.1 Å². The van der Waals surface area contributed by atoms with E-state index in [1.54, 1.807) is 18.2 Å². The van der Waals surface area contributed by atoms with Crippen LogP contribution in [-0.2, 0) is 4.79 Å². The Balaban J connectivity index is 2.94. The predicted molar refractivity (Wildman–Crippen MR) is 70.9 cm³/mol. The van der Waals surface area contributed by atoms with E-state index in [4.69, 9.17) is 17.3 Å². The molecule has 1 rings (SSSR count). The summed E-state index contributed by atoms with van der Waals surface area (Å²) in [6.07, 6.45) is 1.30. The fourth-order valence-electron chi connectivity index (χ4n) is 1.31. The van der Waals surface area contributed by atoms with Gasteiger partial charge in [0.1, 0.15) is 0 Å². The third-order valence-corrected chi connectivity index (χ3v) is 2.29. The number of nitrogens with one attached hydrogen (secondary N) is 1. The minimum Gasteiger partial charge on any atom is -0.325 e. The molecular formula is C13H15ClN2O. The van der Waals surface area contributed by atoms with E-state index in [9.17, 15) is 4.79 Å². The van der Waals surface area contributed by atoms with Crippen molar-refractivity contribution in [3.05, 3.63) is 28.8 Å². The van der Waals surface area contributed by atoms with Crippen molar-refractivity contribution in [1.82, 2.24) is 0 Å². The molecule has 0 heterocycles. The summed E-state index contributed by atoms with van der Waals surface area (Å²) in [6, 6.07) is 5.18. The van der Waals surface area contributed by atoms with Gasteiger partial charge in [-0.3, -0.25) is 4.79 Å². The van der Waals surface area contributed by atoms with Crippen LogP contribution in [0.3, 0.4) is 0 Å². The quantitative estimate of drug-likeness (QED) is 0.810. The number of halogens is 1. The van der Waals surface area contributed by atoms with Crippen LogP contribution in [0.25, 0.3) is 0 Å². The van der Waals surface area contributed by atoms with E-state index in [2.05, 4.69) is 17.2 Å². The molecule has 1 amide bonds. The van der Waals surface area contributed by atoms with Gasteiger partial charge in [0, 0.05) is 17.0 Å².